The molecule has 2 aromatic carbocycles. The molecule has 0 aliphatic heterocycles. The van der Waals surface area contributed by atoms with Crippen LogP contribution in [0.15, 0.2) is 71.9 Å². The minimum Gasteiger partial charge on any atom is -0.497 e. The van der Waals surface area contributed by atoms with Gasteiger partial charge in [-0.15, -0.1) is 0 Å². The highest BCUT2D eigenvalue weighted by Crippen LogP contribution is 2.29. The quantitative estimate of drug-likeness (QED) is 0.443. The Morgan fingerprint density at radius 3 is 2.65 bits per heavy atom. The maximum absolute atomic E-state index is 12.6. The monoisotopic (exact) mass is 454 g/mol. The van der Waals surface area contributed by atoms with E-state index in [4.69, 9.17) is 4.74 Å². The number of carbonyl (C=O) groups excluding carboxylic acids is 1. The molecule has 0 atom stereocenters. The minimum absolute atomic E-state index is 0.100. The fourth-order valence-electron chi connectivity index (χ4n) is 2.83. The molecule has 0 spiro atoms. The molecule has 2 N–H and O–H groups in total. The lowest BCUT2D eigenvalue weighted by Crippen LogP contribution is -2.22. The van der Waals surface area contributed by atoms with Gasteiger partial charge >= 0.3 is 0 Å². The van der Waals surface area contributed by atoms with E-state index in [1.165, 1.54) is 19.2 Å². The Morgan fingerprint density at radius 2 is 1.94 bits per heavy atom. The number of anilines is 1. The van der Waals surface area contributed by atoms with Gasteiger partial charge in [0.1, 0.15) is 5.75 Å². The summed E-state index contributed by atoms with van der Waals surface area (Å²) in [6.07, 6.45) is 3.36. The second-order valence-electron chi connectivity index (χ2n) is 6.53. The molecule has 8 nitrogen and oxygen atoms in total. The molecule has 0 aliphatic rings. The second-order valence-corrected chi connectivity index (χ2v) is 9.24. The van der Waals surface area contributed by atoms with Gasteiger partial charge in [0.15, 0.2) is 5.13 Å². The van der Waals surface area contributed by atoms with Crippen molar-refractivity contribution in [3.8, 4) is 5.75 Å². The molecule has 4 rings (SSSR count). The summed E-state index contributed by atoms with van der Waals surface area (Å²) in [5.41, 5.74) is 1.95. The number of nitrogens with one attached hydrogen (secondary N) is 2. The van der Waals surface area contributed by atoms with E-state index < -0.39 is 10.0 Å². The summed E-state index contributed by atoms with van der Waals surface area (Å²) in [5, 5.41) is 3.06. The van der Waals surface area contributed by atoms with Crippen LogP contribution in [0.5, 0.6) is 5.75 Å². The molecule has 158 valence electrons. The van der Waals surface area contributed by atoms with Crippen molar-refractivity contribution in [3.05, 3.63) is 78.1 Å². The fourth-order valence-corrected chi connectivity index (χ4v) is 4.97. The van der Waals surface area contributed by atoms with Crippen LogP contribution in [-0.2, 0) is 16.6 Å². The van der Waals surface area contributed by atoms with Gasteiger partial charge in [-0.3, -0.25) is 14.5 Å². The molecule has 4 aromatic rings. The molecule has 10 heteroatoms. The summed E-state index contributed by atoms with van der Waals surface area (Å²) in [5.74, 6) is 0.327. The van der Waals surface area contributed by atoms with Gasteiger partial charge in [-0.2, -0.15) is 0 Å². The number of fused-ring (bicyclic) bond motifs is 1. The van der Waals surface area contributed by atoms with E-state index in [0.29, 0.717) is 28.1 Å². The number of thiazole rings is 1. The largest absolute Gasteiger partial charge is 0.497 e. The summed E-state index contributed by atoms with van der Waals surface area (Å²) in [4.78, 5) is 20.9. The Hall–Kier alpha value is -3.50. The van der Waals surface area contributed by atoms with Crippen molar-refractivity contribution in [2.75, 3.05) is 11.8 Å². The van der Waals surface area contributed by atoms with Crippen LogP contribution in [0.2, 0.25) is 0 Å². The first-order valence-corrected chi connectivity index (χ1v) is 11.5. The maximum atomic E-state index is 12.6. The van der Waals surface area contributed by atoms with Crippen molar-refractivity contribution < 1.29 is 17.9 Å². The zero-order chi connectivity index (χ0) is 21.8. The summed E-state index contributed by atoms with van der Waals surface area (Å²) < 4.78 is 33.5. The van der Waals surface area contributed by atoms with Crippen molar-refractivity contribution in [3.63, 3.8) is 0 Å². The Bertz CT molecular complexity index is 1320. The van der Waals surface area contributed by atoms with Gasteiger partial charge in [0, 0.05) is 24.5 Å². The van der Waals surface area contributed by atoms with Crippen LogP contribution in [0, 0.1) is 0 Å². The van der Waals surface area contributed by atoms with Crippen LogP contribution in [0.3, 0.4) is 0 Å². The third kappa shape index (κ3) is 4.81. The number of sulfonamides is 1. The van der Waals surface area contributed by atoms with E-state index in [9.17, 15) is 13.2 Å². The molecule has 0 fully saturated rings. The standard InChI is InChI=1S/C21H18N4O4S2/c1-29-16-5-7-17(8-6-16)31(27,28)25-21-24-18-9-4-15(11-19(18)30-21)20(26)23-13-14-3-2-10-22-12-14/h2-12H,13H2,1H3,(H,23,26)(H,24,25). The van der Waals surface area contributed by atoms with Gasteiger partial charge in [0.05, 0.1) is 22.2 Å². The SMILES string of the molecule is COc1ccc(S(=O)(=O)Nc2nc3ccc(C(=O)NCc4cccnc4)cc3s2)cc1. The molecule has 0 saturated heterocycles. The van der Waals surface area contributed by atoms with E-state index in [2.05, 4.69) is 20.0 Å². The maximum Gasteiger partial charge on any atom is 0.263 e. The molecule has 0 unspecified atom stereocenters. The predicted molar refractivity (Wildman–Crippen MR) is 119 cm³/mol. The molecule has 0 saturated carbocycles. The number of hydrogen-bond acceptors (Lipinski definition) is 7. The summed E-state index contributed by atoms with van der Waals surface area (Å²) >= 11 is 1.16. The van der Waals surface area contributed by atoms with Crippen molar-refractivity contribution in [2.24, 2.45) is 0 Å². The highest BCUT2D eigenvalue weighted by Gasteiger charge is 2.17. The lowest BCUT2D eigenvalue weighted by atomic mass is 10.2. The molecule has 2 aromatic heterocycles. The van der Waals surface area contributed by atoms with Gasteiger partial charge in [-0.25, -0.2) is 13.4 Å². The number of rotatable bonds is 7. The average Bonchev–Trinajstić information content (AvgIpc) is 3.18. The normalized spacial score (nSPS) is 11.3. The minimum atomic E-state index is -3.79. The number of nitrogens with zero attached hydrogens (tertiary/aromatic N) is 2. The molecular formula is C21H18N4O4S2. The summed E-state index contributed by atoms with van der Waals surface area (Å²) in [6, 6.07) is 14.8. The van der Waals surface area contributed by atoms with E-state index in [1.54, 1.807) is 48.8 Å². The van der Waals surface area contributed by atoms with Gasteiger partial charge in [-0.1, -0.05) is 17.4 Å². The summed E-state index contributed by atoms with van der Waals surface area (Å²) in [6.45, 7) is 0.361. The molecule has 0 radical (unpaired) electrons. The van der Waals surface area contributed by atoms with E-state index in [-0.39, 0.29) is 15.9 Å². The Kier molecular flexibility index (Phi) is 5.83. The Balaban J connectivity index is 1.49. The van der Waals surface area contributed by atoms with Crippen molar-refractivity contribution in [1.29, 1.82) is 0 Å². The number of aromatic nitrogens is 2. The first-order chi connectivity index (χ1) is 14.9. The lowest BCUT2D eigenvalue weighted by molar-refractivity contribution is 0.0951. The van der Waals surface area contributed by atoms with Crippen LogP contribution in [0.25, 0.3) is 10.2 Å². The molecule has 31 heavy (non-hydrogen) atoms. The van der Waals surface area contributed by atoms with Crippen LogP contribution in [-0.4, -0.2) is 31.4 Å². The lowest BCUT2D eigenvalue weighted by Gasteiger charge is -2.05. The average molecular weight is 455 g/mol. The van der Waals surface area contributed by atoms with Gasteiger partial charge in [-0.05, 0) is 54.1 Å². The van der Waals surface area contributed by atoms with E-state index in [0.717, 1.165) is 16.9 Å². The van der Waals surface area contributed by atoms with Crippen LogP contribution >= 0.6 is 11.3 Å². The smallest absolute Gasteiger partial charge is 0.263 e. The van der Waals surface area contributed by atoms with Crippen molar-refractivity contribution in [1.82, 2.24) is 15.3 Å². The Labute approximate surface area is 183 Å². The van der Waals surface area contributed by atoms with Crippen molar-refractivity contribution >= 4 is 42.6 Å². The number of carbonyl (C=O) groups is 1. The van der Waals surface area contributed by atoms with E-state index in [1.807, 2.05) is 6.07 Å². The van der Waals surface area contributed by atoms with Crippen LogP contribution in [0.4, 0.5) is 5.13 Å². The first-order valence-electron chi connectivity index (χ1n) is 9.19. The third-order valence-electron chi connectivity index (χ3n) is 4.42. The zero-order valence-electron chi connectivity index (χ0n) is 16.4. The summed E-state index contributed by atoms with van der Waals surface area (Å²) in [7, 11) is -2.28. The number of pyridine rings is 1. The number of amides is 1. The zero-order valence-corrected chi connectivity index (χ0v) is 18.0. The Morgan fingerprint density at radius 1 is 1.13 bits per heavy atom. The van der Waals surface area contributed by atoms with Gasteiger partial charge < -0.3 is 10.1 Å². The second kappa shape index (κ2) is 8.70. The topological polar surface area (TPSA) is 110 Å². The highest BCUT2D eigenvalue weighted by molar-refractivity contribution is 7.93. The predicted octanol–water partition coefficient (Wildman–Crippen LogP) is 3.43. The third-order valence-corrected chi connectivity index (χ3v) is 6.84. The highest BCUT2D eigenvalue weighted by atomic mass is 32.2. The van der Waals surface area contributed by atoms with Crippen LogP contribution in [0.1, 0.15) is 15.9 Å². The molecule has 2 heterocycles. The number of benzene rings is 2. The van der Waals surface area contributed by atoms with Gasteiger partial charge in [0.25, 0.3) is 15.9 Å². The fraction of sp³-hybridized carbons (Fsp3) is 0.0952. The van der Waals surface area contributed by atoms with Crippen LogP contribution < -0.4 is 14.8 Å². The number of methoxy groups -OCH3 is 1. The number of hydrogen-bond donors (Lipinski definition) is 2. The van der Waals surface area contributed by atoms with Crippen molar-refractivity contribution in [2.45, 2.75) is 11.4 Å². The molecule has 1 amide bonds. The number of ether oxygens (including phenoxy) is 1. The first kappa shape index (κ1) is 20.8. The molecule has 0 aliphatic carbocycles. The van der Waals surface area contributed by atoms with Gasteiger partial charge in [0.2, 0.25) is 0 Å². The van der Waals surface area contributed by atoms with E-state index >= 15 is 0 Å². The molecule has 0 bridgehead atoms. The molecular weight excluding hydrogens is 436 g/mol.